The Morgan fingerprint density at radius 1 is 0.426 bits per heavy atom. The lowest BCUT2D eigenvalue weighted by molar-refractivity contribution is -0.161. The minimum atomic E-state index is -0.790. The van der Waals surface area contributed by atoms with Crippen LogP contribution < -0.4 is 0 Å². The predicted octanol–water partition coefficient (Wildman–Crippen LogP) is 14.1. The van der Waals surface area contributed by atoms with Gasteiger partial charge in [-0.25, -0.2) is 0 Å². The zero-order valence-electron chi connectivity index (χ0n) is 34.7. The maximum Gasteiger partial charge on any atom is 0.306 e. The largest absolute Gasteiger partial charge is 0.462 e. The van der Waals surface area contributed by atoms with E-state index in [0.29, 0.717) is 12.8 Å². The number of ether oxygens (including phenoxy) is 2. The number of hydrogen-bond acceptors (Lipinski definition) is 5. The molecule has 0 saturated heterocycles. The number of esters is 2. The average molecular weight is 749 g/mol. The lowest BCUT2D eigenvalue weighted by Crippen LogP contribution is -2.28. The Morgan fingerprint density at radius 3 is 1.11 bits per heavy atom. The van der Waals surface area contributed by atoms with E-state index in [-0.39, 0.29) is 25.2 Å². The third-order valence-corrected chi connectivity index (χ3v) is 8.87. The molecular formula is C49H80O5. The fourth-order valence-electron chi connectivity index (χ4n) is 5.65. The van der Waals surface area contributed by atoms with Crippen molar-refractivity contribution >= 4 is 11.9 Å². The number of unbranched alkanes of at least 4 members (excludes halogenated alkanes) is 14. The van der Waals surface area contributed by atoms with Gasteiger partial charge in [0.05, 0.1) is 6.61 Å². The summed E-state index contributed by atoms with van der Waals surface area (Å²) in [5, 5.41) is 9.59. The van der Waals surface area contributed by atoms with Crippen molar-refractivity contribution in [1.82, 2.24) is 0 Å². The molecule has 0 aromatic heterocycles. The highest BCUT2D eigenvalue weighted by molar-refractivity contribution is 5.70. The van der Waals surface area contributed by atoms with Crippen molar-refractivity contribution in [2.45, 2.75) is 187 Å². The van der Waals surface area contributed by atoms with Crippen LogP contribution in [0.4, 0.5) is 0 Å². The SMILES string of the molecule is CC/C=C\C/C=C\C/C=C\C/C=C\CCCCCCCCCCCCC(=O)OC(CO)COC(=O)CCCCCC/C=C\C/C=C\C/C=C\C/C=C\CC. The number of carbonyl (C=O) groups is 2. The molecule has 0 saturated carbocycles. The summed E-state index contributed by atoms with van der Waals surface area (Å²) in [5.74, 6) is -0.631. The van der Waals surface area contributed by atoms with Crippen molar-refractivity contribution in [3.8, 4) is 0 Å². The van der Waals surface area contributed by atoms with E-state index in [0.717, 1.165) is 103 Å². The first kappa shape index (κ1) is 50.8. The van der Waals surface area contributed by atoms with Crippen LogP contribution in [0.5, 0.6) is 0 Å². The van der Waals surface area contributed by atoms with Crippen molar-refractivity contribution in [3.05, 3.63) is 97.2 Å². The van der Waals surface area contributed by atoms with Crippen LogP contribution in [-0.4, -0.2) is 36.4 Å². The van der Waals surface area contributed by atoms with Crippen LogP contribution in [0.1, 0.15) is 181 Å². The van der Waals surface area contributed by atoms with Crippen LogP contribution in [0.15, 0.2) is 97.2 Å². The quantitative estimate of drug-likeness (QED) is 0.0387. The first-order valence-corrected chi connectivity index (χ1v) is 21.8. The average Bonchev–Trinajstić information content (AvgIpc) is 3.17. The molecule has 0 rings (SSSR count). The van der Waals surface area contributed by atoms with Gasteiger partial charge >= 0.3 is 11.9 Å². The van der Waals surface area contributed by atoms with Gasteiger partial charge in [-0.05, 0) is 89.9 Å². The Kier molecular flexibility index (Phi) is 41.6. The Labute approximate surface area is 332 Å². The lowest BCUT2D eigenvalue weighted by Gasteiger charge is -2.15. The number of aliphatic hydroxyl groups excluding tert-OH is 1. The van der Waals surface area contributed by atoms with Crippen LogP contribution >= 0.6 is 0 Å². The van der Waals surface area contributed by atoms with Gasteiger partial charge in [-0.2, -0.15) is 0 Å². The fourth-order valence-corrected chi connectivity index (χ4v) is 5.65. The van der Waals surface area contributed by atoms with E-state index < -0.39 is 6.10 Å². The van der Waals surface area contributed by atoms with Crippen molar-refractivity contribution in [2.24, 2.45) is 0 Å². The zero-order chi connectivity index (χ0) is 39.3. The number of aliphatic hydroxyl groups is 1. The van der Waals surface area contributed by atoms with Gasteiger partial charge < -0.3 is 14.6 Å². The maximum atomic E-state index is 12.2. The van der Waals surface area contributed by atoms with Crippen LogP contribution in [0, 0.1) is 0 Å². The van der Waals surface area contributed by atoms with Crippen LogP contribution in [0.2, 0.25) is 0 Å². The molecule has 5 heteroatoms. The van der Waals surface area contributed by atoms with Gasteiger partial charge in [0.1, 0.15) is 6.61 Å². The minimum Gasteiger partial charge on any atom is -0.462 e. The number of carbonyl (C=O) groups excluding carboxylic acids is 2. The molecule has 0 aliphatic carbocycles. The summed E-state index contributed by atoms with van der Waals surface area (Å²) in [4.78, 5) is 24.3. The van der Waals surface area contributed by atoms with Crippen molar-refractivity contribution in [1.29, 1.82) is 0 Å². The van der Waals surface area contributed by atoms with E-state index in [1.54, 1.807) is 0 Å². The van der Waals surface area contributed by atoms with E-state index in [2.05, 4.69) is 111 Å². The second-order valence-corrected chi connectivity index (χ2v) is 14.0. The molecule has 0 bridgehead atoms. The molecule has 5 nitrogen and oxygen atoms in total. The zero-order valence-corrected chi connectivity index (χ0v) is 34.7. The number of hydrogen-bond donors (Lipinski definition) is 1. The summed E-state index contributed by atoms with van der Waals surface area (Å²) >= 11 is 0. The summed E-state index contributed by atoms with van der Waals surface area (Å²) in [6, 6.07) is 0. The molecule has 1 atom stereocenters. The van der Waals surface area contributed by atoms with Crippen LogP contribution in [-0.2, 0) is 19.1 Å². The molecule has 0 spiro atoms. The maximum absolute atomic E-state index is 12.2. The highest BCUT2D eigenvalue weighted by atomic mass is 16.6. The molecule has 0 heterocycles. The molecule has 0 aromatic carbocycles. The summed E-state index contributed by atoms with van der Waals surface area (Å²) in [6.45, 7) is 3.88. The normalized spacial score (nSPS) is 13.2. The van der Waals surface area contributed by atoms with E-state index in [9.17, 15) is 14.7 Å². The first-order chi connectivity index (χ1) is 26.6. The second-order valence-electron chi connectivity index (χ2n) is 14.0. The van der Waals surface area contributed by atoms with Gasteiger partial charge in [0.2, 0.25) is 0 Å². The van der Waals surface area contributed by atoms with E-state index in [4.69, 9.17) is 9.47 Å². The molecule has 0 fully saturated rings. The van der Waals surface area contributed by atoms with Crippen molar-refractivity contribution in [2.75, 3.05) is 13.2 Å². The van der Waals surface area contributed by atoms with Gasteiger partial charge in [-0.15, -0.1) is 0 Å². The molecule has 0 aromatic rings. The standard InChI is InChI=1S/C49H80O5/c1-3-5-7-9-11-13-15-17-19-21-22-23-24-25-26-28-30-32-34-36-38-40-42-44-49(52)54-47(45-50)46-53-48(51)43-41-39-37-35-33-31-29-27-20-18-16-14-12-10-8-6-4-2/h5-8,11-14,17-20,22-23,29,31,47,50H,3-4,9-10,15-16,21,24-28,30,32-46H2,1-2H3/b7-5-,8-6-,13-11-,14-12-,19-17-,20-18-,23-22-,31-29-. The van der Waals surface area contributed by atoms with Crippen molar-refractivity contribution in [3.63, 3.8) is 0 Å². The summed E-state index contributed by atoms with van der Waals surface area (Å²) < 4.78 is 10.6. The third-order valence-electron chi connectivity index (χ3n) is 8.87. The topological polar surface area (TPSA) is 72.8 Å². The first-order valence-electron chi connectivity index (χ1n) is 21.8. The summed E-state index contributed by atoms with van der Waals surface area (Å²) in [5.41, 5.74) is 0. The number of rotatable bonds is 38. The van der Waals surface area contributed by atoms with E-state index >= 15 is 0 Å². The van der Waals surface area contributed by atoms with Crippen LogP contribution in [0.25, 0.3) is 0 Å². The fraction of sp³-hybridized carbons (Fsp3) is 0.633. The Bertz CT molecular complexity index is 1070. The highest BCUT2D eigenvalue weighted by Gasteiger charge is 2.16. The molecule has 306 valence electrons. The van der Waals surface area contributed by atoms with Gasteiger partial charge in [0.25, 0.3) is 0 Å². The van der Waals surface area contributed by atoms with Gasteiger partial charge in [0, 0.05) is 12.8 Å². The van der Waals surface area contributed by atoms with E-state index in [1.807, 2.05) is 0 Å². The van der Waals surface area contributed by atoms with Gasteiger partial charge in [-0.3, -0.25) is 9.59 Å². The molecule has 0 aliphatic rings. The smallest absolute Gasteiger partial charge is 0.306 e. The van der Waals surface area contributed by atoms with Crippen molar-refractivity contribution < 1.29 is 24.2 Å². The second kappa shape index (κ2) is 44.2. The summed E-state index contributed by atoms with van der Waals surface area (Å²) in [7, 11) is 0. The molecule has 0 radical (unpaired) electrons. The highest BCUT2D eigenvalue weighted by Crippen LogP contribution is 2.13. The Balaban J connectivity index is 3.61. The molecule has 0 aliphatic heterocycles. The minimum absolute atomic E-state index is 0.0860. The predicted molar refractivity (Wildman–Crippen MR) is 232 cm³/mol. The van der Waals surface area contributed by atoms with Gasteiger partial charge in [0.15, 0.2) is 6.10 Å². The molecule has 1 unspecified atom stereocenters. The molecule has 0 amide bonds. The third kappa shape index (κ3) is 41.6. The monoisotopic (exact) mass is 749 g/mol. The van der Waals surface area contributed by atoms with Gasteiger partial charge in [-0.1, -0.05) is 175 Å². The summed E-state index contributed by atoms with van der Waals surface area (Å²) in [6.07, 6.45) is 61.9. The Morgan fingerprint density at radius 2 is 0.741 bits per heavy atom. The lowest BCUT2D eigenvalue weighted by atomic mass is 10.0. The van der Waals surface area contributed by atoms with Crippen LogP contribution in [0.3, 0.4) is 0 Å². The molecular weight excluding hydrogens is 669 g/mol. The molecule has 54 heavy (non-hydrogen) atoms. The number of allylic oxidation sites excluding steroid dienone is 16. The molecule has 1 N–H and O–H groups in total. The Hall–Kier alpha value is -3.18. The van der Waals surface area contributed by atoms with E-state index in [1.165, 1.54) is 51.4 Å².